The van der Waals surface area contributed by atoms with Gasteiger partial charge in [-0.2, -0.15) is 0 Å². The van der Waals surface area contributed by atoms with E-state index in [4.69, 9.17) is 14.8 Å². The molecule has 0 aliphatic rings. The van der Waals surface area contributed by atoms with E-state index in [-0.39, 0.29) is 0 Å². The number of benzene rings is 1. The van der Waals surface area contributed by atoms with E-state index in [1.54, 1.807) is 18.2 Å². The van der Waals surface area contributed by atoms with Crippen molar-refractivity contribution in [3.8, 4) is 5.75 Å². The molecule has 0 aromatic heterocycles. The third-order valence-electron chi connectivity index (χ3n) is 2.99. The van der Waals surface area contributed by atoms with Crippen LogP contribution in [0.4, 0.5) is 0 Å². The number of likely N-dealkylation sites (N-methyl/N-ethyl adjacent to an activating group) is 1. The molecule has 0 saturated heterocycles. The molecule has 0 aliphatic carbocycles. The Bertz CT molecular complexity index is 371. The molecule has 0 atom stereocenters. The Morgan fingerprint density at radius 1 is 1.26 bits per heavy atom. The summed E-state index contributed by atoms with van der Waals surface area (Å²) in [5.41, 5.74) is 0.450. The molecule has 0 heterocycles. The molecular formula is C14H24BNO3. The predicted molar refractivity (Wildman–Crippen MR) is 78.7 cm³/mol. The van der Waals surface area contributed by atoms with E-state index in [0.717, 1.165) is 13.1 Å². The van der Waals surface area contributed by atoms with Crippen molar-refractivity contribution in [1.29, 1.82) is 0 Å². The van der Waals surface area contributed by atoms with Crippen LogP contribution in [0.1, 0.15) is 20.3 Å². The van der Waals surface area contributed by atoms with Crippen LogP contribution in [-0.4, -0.2) is 48.8 Å². The van der Waals surface area contributed by atoms with Gasteiger partial charge >= 0.3 is 7.12 Å². The average molecular weight is 265 g/mol. The smallest absolute Gasteiger partial charge is 0.488 e. The van der Waals surface area contributed by atoms with Crippen LogP contribution >= 0.6 is 0 Å². The second-order valence-electron chi connectivity index (χ2n) is 5.28. The molecule has 19 heavy (non-hydrogen) atoms. The number of rotatable bonds is 8. The first-order valence-electron chi connectivity index (χ1n) is 6.76. The van der Waals surface area contributed by atoms with Crippen molar-refractivity contribution in [3.63, 3.8) is 0 Å². The van der Waals surface area contributed by atoms with Crippen molar-refractivity contribution in [2.24, 2.45) is 5.92 Å². The zero-order valence-electron chi connectivity index (χ0n) is 12.0. The number of ether oxygens (including phenoxy) is 1. The summed E-state index contributed by atoms with van der Waals surface area (Å²) in [7, 11) is 0.636. The largest absolute Gasteiger partial charge is 0.492 e. The van der Waals surface area contributed by atoms with Gasteiger partial charge in [-0.15, -0.1) is 0 Å². The van der Waals surface area contributed by atoms with E-state index in [2.05, 4.69) is 25.8 Å². The fraction of sp³-hybridized carbons (Fsp3) is 0.571. The summed E-state index contributed by atoms with van der Waals surface area (Å²) in [5.74, 6) is 1.38. The second kappa shape index (κ2) is 8.20. The predicted octanol–water partition coefficient (Wildman–Crippen LogP) is 0.723. The Labute approximate surface area is 116 Å². The van der Waals surface area contributed by atoms with Crippen LogP contribution < -0.4 is 10.2 Å². The van der Waals surface area contributed by atoms with E-state index in [0.29, 0.717) is 23.7 Å². The van der Waals surface area contributed by atoms with Crippen molar-refractivity contribution < 1.29 is 14.8 Å². The Hall–Kier alpha value is -1.04. The van der Waals surface area contributed by atoms with Gasteiger partial charge in [0.05, 0.1) is 0 Å². The van der Waals surface area contributed by atoms with Gasteiger partial charge in [0.2, 0.25) is 0 Å². The molecule has 1 aromatic rings. The molecule has 0 saturated carbocycles. The third-order valence-corrected chi connectivity index (χ3v) is 2.99. The Balaban J connectivity index is 2.30. The van der Waals surface area contributed by atoms with E-state index in [1.165, 1.54) is 6.42 Å². The highest BCUT2D eigenvalue weighted by Crippen LogP contribution is 2.07. The molecule has 0 amide bonds. The van der Waals surface area contributed by atoms with Crippen molar-refractivity contribution in [2.75, 3.05) is 26.7 Å². The van der Waals surface area contributed by atoms with Gasteiger partial charge in [0.25, 0.3) is 0 Å². The maximum Gasteiger partial charge on any atom is 0.488 e. The molecule has 0 spiro atoms. The fourth-order valence-electron chi connectivity index (χ4n) is 1.67. The zero-order chi connectivity index (χ0) is 14.3. The molecule has 0 unspecified atom stereocenters. The first kappa shape index (κ1) is 16.0. The quantitative estimate of drug-likeness (QED) is 0.680. The van der Waals surface area contributed by atoms with Crippen LogP contribution in [0.25, 0.3) is 0 Å². The lowest BCUT2D eigenvalue weighted by Crippen LogP contribution is -2.30. The number of nitrogens with zero attached hydrogens (tertiary/aromatic N) is 1. The topological polar surface area (TPSA) is 52.9 Å². The molecule has 5 heteroatoms. The van der Waals surface area contributed by atoms with Gasteiger partial charge in [-0.3, -0.25) is 0 Å². The van der Waals surface area contributed by atoms with E-state index in [9.17, 15) is 0 Å². The summed E-state index contributed by atoms with van der Waals surface area (Å²) in [5, 5.41) is 18.2. The first-order valence-corrected chi connectivity index (χ1v) is 6.76. The maximum atomic E-state index is 9.08. The molecule has 106 valence electrons. The number of hydrogen-bond donors (Lipinski definition) is 2. The van der Waals surface area contributed by atoms with Crippen LogP contribution in [0.3, 0.4) is 0 Å². The lowest BCUT2D eigenvalue weighted by atomic mass is 9.80. The van der Waals surface area contributed by atoms with Crippen molar-refractivity contribution in [3.05, 3.63) is 24.3 Å². The molecule has 0 aliphatic heterocycles. The highest BCUT2D eigenvalue weighted by Gasteiger charge is 2.11. The molecule has 0 fully saturated rings. The summed E-state index contributed by atoms with van der Waals surface area (Å²) in [6.45, 7) is 6.96. The van der Waals surface area contributed by atoms with Gasteiger partial charge in [-0.25, -0.2) is 0 Å². The highest BCUT2D eigenvalue weighted by atomic mass is 16.5. The molecule has 2 N–H and O–H groups in total. The van der Waals surface area contributed by atoms with Gasteiger partial charge in [-0.05, 0) is 43.5 Å². The number of hydrogen-bond acceptors (Lipinski definition) is 4. The minimum absolute atomic E-state index is 0.450. The van der Waals surface area contributed by atoms with E-state index < -0.39 is 7.12 Å². The van der Waals surface area contributed by atoms with Crippen LogP contribution in [0.15, 0.2) is 24.3 Å². The van der Waals surface area contributed by atoms with Gasteiger partial charge in [0.15, 0.2) is 0 Å². The van der Waals surface area contributed by atoms with Crippen LogP contribution in [-0.2, 0) is 0 Å². The van der Waals surface area contributed by atoms with E-state index in [1.807, 2.05) is 6.07 Å². The Morgan fingerprint density at radius 2 is 2.00 bits per heavy atom. The summed E-state index contributed by atoms with van der Waals surface area (Å²) >= 11 is 0. The van der Waals surface area contributed by atoms with Crippen molar-refractivity contribution in [2.45, 2.75) is 20.3 Å². The van der Waals surface area contributed by atoms with E-state index >= 15 is 0 Å². The average Bonchev–Trinajstić information content (AvgIpc) is 2.36. The third kappa shape index (κ3) is 6.62. The van der Waals surface area contributed by atoms with Crippen LogP contribution in [0.2, 0.25) is 0 Å². The first-order chi connectivity index (χ1) is 8.99. The van der Waals surface area contributed by atoms with Crippen molar-refractivity contribution in [1.82, 2.24) is 4.90 Å². The minimum Gasteiger partial charge on any atom is -0.492 e. The molecule has 4 nitrogen and oxygen atoms in total. The van der Waals surface area contributed by atoms with Gasteiger partial charge in [0.1, 0.15) is 12.4 Å². The standard InChI is InChI=1S/C14H24BNO3/c1-12(2)7-8-16(3)9-10-19-14-6-4-5-13(11-14)15(17)18/h4-6,11-12,17-18H,7-10H2,1-3H3. The molecular weight excluding hydrogens is 241 g/mol. The van der Waals surface area contributed by atoms with Gasteiger partial charge < -0.3 is 19.7 Å². The van der Waals surface area contributed by atoms with Gasteiger partial charge in [0, 0.05) is 6.54 Å². The lowest BCUT2D eigenvalue weighted by molar-refractivity contribution is 0.230. The minimum atomic E-state index is -1.45. The summed E-state index contributed by atoms with van der Waals surface area (Å²) in [4.78, 5) is 2.24. The van der Waals surface area contributed by atoms with Crippen LogP contribution in [0, 0.1) is 5.92 Å². The highest BCUT2D eigenvalue weighted by molar-refractivity contribution is 6.58. The SMILES string of the molecule is CC(C)CCN(C)CCOc1cccc(B(O)O)c1. The molecule has 1 rings (SSSR count). The molecule has 0 radical (unpaired) electrons. The summed E-state index contributed by atoms with van der Waals surface area (Å²) < 4.78 is 5.61. The second-order valence-corrected chi connectivity index (χ2v) is 5.28. The fourth-order valence-corrected chi connectivity index (χ4v) is 1.67. The molecule has 1 aromatic carbocycles. The lowest BCUT2D eigenvalue weighted by Gasteiger charge is -2.18. The summed E-state index contributed by atoms with van der Waals surface area (Å²) in [6.07, 6.45) is 1.18. The van der Waals surface area contributed by atoms with Gasteiger partial charge in [-0.1, -0.05) is 26.0 Å². The summed E-state index contributed by atoms with van der Waals surface area (Å²) in [6, 6.07) is 6.89. The van der Waals surface area contributed by atoms with Crippen LogP contribution in [0.5, 0.6) is 5.75 Å². The monoisotopic (exact) mass is 265 g/mol. The Kier molecular flexibility index (Phi) is 6.91. The normalized spacial score (nSPS) is 11.1. The zero-order valence-corrected chi connectivity index (χ0v) is 12.0. The molecule has 0 bridgehead atoms. The maximum absolute atomic E-state index is 9.08. The Morgan fingerprint density at radius 3 is 2.63 bits per heavy atom. The van der Waals surface area contributed by atoms with Crippen molar-refractivity contribution >= 4 is 12.6 Å².